The highest BCUT2D eigenvalue weighted by atomic mass is 35.5. The standard InChI is InChI=1S/C10H9Cl2N3S/c11-8-5-14-10(12)15-9(8)13-3-1-7-2-4-16-6-7/h2,4-6H,1,3H2,(H,13,14,15). The van der Waals surface area contributed by atoms with Crippen LogP contribution in [-0.4, -0.2) is 16.5 Å². The third kappa shape index (κ3) is 3.07. The van der Waals surface area contributed by atoms with Gasteiger partial charge in [0, 0.05) is 6.54 Å². The number of aromatic nitrogens is 2. The van der Waals surface area contributed by atoms with E-state index in [1.54, 1.807) is 11.3 Å². The molecule has 0 atom stereocenters. The van der Waals surface area contributed by atoms with Gasteiger partial charge in [0.15, 0.2) is 0 Å². The fourth-order valence-electron chi connectivity index (χ4n) is 1.23. The van der Waals surface area contributed by atoms with Crippen LogP contribution in [0, 0.1) is 0 Å². The fraction of sp³-hybridized carbons (Fsp3) is 0.200. The van der Waals surface area contributed by atoms with Crippen LogP contribution in [0.5, 0.6) is 0 Å². The van der Waals surface area contributed by atoms with E-state index in [-0.39, 0.29) is 5.28 Å². The maximum Gasteiger partial charge on any atom is 0.224 e. The van der Waals surface area contributed by atoms with E-state index < -0.39 is 0 Å². The maximum atomic E-state index is 5.91. The number of halogens is 2. The van der Waals surface area contributed by atoms with Crippen molar-refractivity contribution >= 4 is 40.4 Å². The molecule has 2 aromatic rings. The molecule has 2 aromatic heterocycles. The largest absolute Gasteiger partial charge is 0.368 e. The Morgan fingerprint density at radius 1 is 1.38 bits per heavy atom. The minimum atomic E-state index is 0.197. The molecule has 84 valence electrons. The molecule has 0 bridgehead atoms. The van der Waals surface area contributed by atoms with Crippen molar-refractivity contribution < 1.29 is 0 Å². The van der Waals surface area contributed by atoms with Crippen molar-refractivity contribution in [2.75, 3.05) is 11.9 Å². The summed E-state index contributed by atoms with van der Waals surface area (Å²) in [5.74, 6) is 0.580. The number of rotatable bonds is 4. The van der Waals surface area contributed by atoms with Crippen LogP contribution in [0.15, 0.2) is 23.0 Å². The van der Waals surface area contributed by atoms with E-state index in [9.17, 15) is 0 Å². The van der Waals surface area contributed by atoms with Crippen LogP contribution in [0.4, 0.5) is 5.82 Å². The van der Waals surface area contributed by atoms with Gasteiger partial charge in [-0.1, -0.05) is 11.6 Å². The molecule has 0 aromatic carbocycles. The molecule has 0 radical (unpaired) electrons. The van der Waals surface area contributed by atoms with Crippen LogP contribution in [0.1, 0.15) is 5.56 Å². The van der Waals surface area contributed by atoms with Gasteiger partial charge in [0.05, 0.1) is 6.20 Å². The zero-order chi connectivity index (χ0) is 11.4. The van der Waals surface area contributed by atoms with Gasteiger partial charge in [-0.25, -0.2) is 4.98 Å². The van der Waals surface area contributed by atoms with Gasteiger partial charge in [-0.15, -0.1) is 0 Å². The third-order valence-electron chi connectivity index (χ3n) is 2.00. The summed E-state index contributed by atoms with van der Waals surface area (Å²) in [6.45, 7) is 0.768. The van der Waals surface area contributed by atoms with E-state index in [4.69, 9.17) is 23.2 Å². The van der Waals surface area contributed by atoms with E-state index >= 15 is 0 Å². The minimum absolute atomic E-state index is 0.197. The predicted octanol–water partition coefficient (Wildman–Crippen LogP) is 3.50. The van der Waals surface area contributed by atoms with Crippen LogP contribution in [-0.2, 0) is 6.42 Å². The zero-order valence-electron chi connectivity index (χ0n) is 8.28. The Balaban J connectivity index is 1.92. The number of nitrogens with zero attached hydrogens (tertiary/aromatic N) is 2. The minimum Gasteiger partial charge on any atom is -0.368 e. The first-order valence-corrected chi connectivity index (χ1v) is 6.38. The van der Waals surface area contributed by atoms with Gasteiger partial charge >= 0.3 is 0 Å². The second-order valence-electron chi connectivity index (χ2n) is 3.14. The summed E-state index contributed by atoms with van der Waals surface area (Å²) in [4.78, 5) is 7.79. The Morgan fingerprint density at radius 3 is 3.00 bits per heavy atom. The molecule has 0 aliphatic carbocycles. The van der Waals surface area contributed by atoms with Gasteiger partial charge in [0.25, 0.3) is 0 Å². The zero-order valence-corrected chi connectivity index (χ0v) is 10.6. The lowest BCUT2D eigenvalue weighted by molar-refractivity contribution is 1.01. The molecule has 1 N–H and O–H groups in total. The van der Waals surface area contributed by atoms with Crippen molar-refractivity contribution in [3.8, 4) is 0 Å². The summed E-state index contributed by atoms with van der Waals surface area (Å²) in [5, 5.41) is 7.99. The molecule has 2 heterocycles. The molecule has 0 saturated carbocycles. The molecule has 6 heteroatoms. The van der Waals surface area contributed by atoms with Crippen LogP contribution in [0.25, 0.3) is 0 Å². The highest BCUT2D eigenvalue weighted by Gasteiger charge is 2.03. The van der Waals surface area contributed by atoms with E-state index in [2.05, 4.69) is 32.1 Å². The number of nitrogens with one attached hydrogen (secondary N) is 1. The summed E-state index contributed by atoms with van der Waals surface area (Å²) >= 11 is 13.3. The molecule has 3 nitrogen and oxygen atoms in total. The van der Waals surface area contributed by atoms with Crippen molar-refractivity contribution in [1.82, 2.24) is 9.97 Å². The van der Waals surface area contributed by atoms with Crippen molar-refractivity contribution in [3.05, 3.63) is 38.9 Å². The molecule has 0 aliphatic rings. The lowest BCUT2D eigenvalue weighted by Gasteiger charge is -2.06. The summed E-state index contributed by atoms with van der Waals surface area (Å²) in [6.07, 6.45) is 2.42. The molecule has 0 aliphatic heterocycles. The van der Waals surface area contributed by atoms with E-state index in [0.717, 1.165) is 13.0 Å². The Labute approximate surface area is 107 Å². The summed E-state index contributed by atoms with van der Waals surface area (Å²) in [7, 11) is 0. The third-order valence-corrected chi connectivity index (χ3v) is 3.19. The molecule has 0 unspecified atom stereocenters. The topological polar surface area (TPSA) is 37.8 Å². The Kier molecular flexibility index (Phi) is 3.98. The number of thiophene rings is 1. The molecule has 0 saturated heterocycles. The van der Waals surface area contributed by atoms with Crippen molar-refractivity contribution in [3.63, 3.8) is 0 Å². The van der Waals surface area contributed by atoms with Crippen molar-refractivity contribution in [1.29, 1.82) is 0 Å². The first-order chi connectivity index (χ1) is 7.75. The molecule has 0 spiro atoms. The molecular weight excluding hydrogens is 265 g/mol. The average Bonchev–Trinajstić information content (AvgIpc) is 2.76. The summed E-state index contributed by atoms with van der Waals surface area (Å²) < 4.78 is 0. The molecule has 16 heavy (non-hydrogen) atoms. The Morgan fingerprint density at radius 2 is 2.25 bits per heavy atom. The first-order valence-electron chi connectivity index (χ1n) is 4.68. The lowest BCUT2D eigenvalue weighted by Crippen LogP contribution is -2.06. The van der Waals surface area contributed by atoms with Crippen molar-refractivity contribution in [2.24, 2.45) is 0 Å². The summed E-state index contributed by atoms with van der Waals surface area (Å²) in [5.41, 5.74) is 1.30. The van der Waals surface area contributed by atoms with Crippen LogP contribution in [0.3, 0.4) is 0 Å². The monoisotopic (exact) mass is 273 g/mol. The Bertz CT molecular complexity index is 459. The molecule has 2 rings (SSSR count). The smallest absolute Gasteiger partial charge is 0.224 e. The first kappa shape index (κ1) is 11.6. The van der Waals surface area contributed by atoms with Gasteiger partial charge in [0.1, 0.15) is 10.8 Å². The lowest BCUT2D eigenvalue weighted by atomic mass is 10.2. The number of anilines is 1. The Hall–Kier alpha value is -0.840. The number of hydrogen-bond acceptors (Lipinski definition) is 4. The van der Waals surface area contributed by atoms with E-state index in [1.165, 1.54) is 11.8 Å². The van der Waals surface area contributed by atoms with E-state index in [0.29, 0.717) is 10.8 Å². The van der Waals surface area contributed by atoms with Crippen molar-refractivity contribution in [2.45, 2.75) is 6.42 Å². The van der Waals surface area contributed by atoms with Crippen LogP contribution in [0.2, 0.25) is 10.3 Å². The maximum absolute atomic E-state index is 5.91. The second kappa shape index (κ2) is 5.48. The van der Waals surface area contributed by atoms with Gasteiger partial charge in [-0.3, -0.25) is 0 Å². The second-order valence-corrected chi connectivity index (χ2v) is 4.67. The highest BCUT2D eigenvalue weighted by Crippen LogP contribution is 2.19. The van der Waals surface area contributed by atoms with Crippen LogP contribution < -0.4 is 5.32 Å². The predicted molar refractivity (Wildman–Crippen MR) is 68.6 cm³/mol. The highest BCUT2D eigenvalue weighted by molar-refractivity contribution is 7.07. The molecule has 0 amide bonds. The van der Waals surface area contributed by atoms with Gasteiger partial charge in [0.2, 0.25) is 5.28 Å². The average molecular weight is 274 g/mol. The molecular formula is C10H9Cl2N3S. The number of hydrogen-bond donors (Lipinski definition) is 1. The van der Waals surface area contributed by atoms with Gasteiger partial charge in [-0.2, -0.15) is 16.3 Å². The van der Waals surface area contributed by atoms with Gasteiger partial charge < -0.3 is 5.32 Å². The quantitative estimate of drug-likeness (QED) is 0.867. The van der Waals surface area contributed by atoms with Gasteiger partial charge in [-0.05, 0) is 40.4 Å². The fourth-order valence-corrected chi connectivity index (χ4v) is 2.22. The SMILES string of the molecule is Clc1ncc(Cl)c(NCCc2ccsc2)n1. The summed E-state index contributed by atoms with van der Waals surface area (Å²) in [6, 6.07) is 2.10. The van der Waals surface area contributed by atoms with Crippen LogP contribution >= 0.6 is 34.5 Å². The molecule has 0 fully saturated rings. The normalized spacial score (nSPS) is 10.4. The van der Waals surface area contributed by atoms with E-state index in [1.807, 2.05) is 0 Å².